The maximum atomic E-state index is 12.3. The van der Waals surface area contributed by atoms with Gasteiger partial charge in [-0.2, -0.15) is 5.26 Å². The van der Waals surface area contributed by atoms with Gasteiger partial charge in [0.05, 0.1) is 11.8 Å². The molecule has 0 spiro atoms. The van der Waals surface area contributed by atoms with Crippen LogP contribution in [0.15, 0.2) is 11.4 Å². The first-order valence-electron chi connectivity index (χ1n) is 8.31. The summed E-state index contributed by atoms with van der Waals surface area (Å²) in [6, 6.07) is 2.30. The Hall–Kier alpha value is -1.65. The van der Waals surface area contributed by atoms with E-state index in [1.807, 2.05) is 0 Å². The minimum atomic E-state index is -0.651. The Morgan fingerprint density at radius 2 is 2.17 bits per heavy atom. The molecule has 1 N–H and O–H groups in total. The zero-order chi connectivity index (χ0) is 16.6. The van der Waals surface area contributed by atoms with Crippen molar-refractivity contribution in [2.24, 2.45) is 0 Å². The minimum absolute atomic E-state index is 0.0814. The van der Waals surface area contributed by atoms with E-state index in [4.69, 9.17) is 0 Å². The molecule has 7 heteroatoms. The smallest absolute Gasteiger partial charge is 0.231 e. The average molecular weight is 358 g/mol. The summed E-state index contributed by atoms with van der Waals surface area (Å²) in [5.41, 5.74) is 0.727. The van der Waals surface area contributed by atoms with Gasteiger partial charge in [0.25, 0.3) is 0 Å². The van der Waals surface area contributed by atoms with Gasteiger partial charge in [-0.25, -0.2) is 9.97 Å². The Kier molecular flexibility index (Phi) is 4.19. The number of aryl methyl sites for hydroxylation is 2. The predicted molar refractivity (Wildman–Crippen MR) is 95.1 cm³/mol. The van der Waals surface area contributed by atoms with Crippen molar-refractivity contribution in [2.75, 3.05) is 5.75 Å². The van der Waals surface area contributed by atoms with E-state index >= 15 is 0 Å². The molecular weight excluding hydrogens is 340 g/mol. The molecule has 0 bridgehead atoms. The molecular formula is C17H18N4OS2. The summed E-state index contributed by atoms with van der Waals surface area (Å²) < 4.78 is 0. The van der Waals surface area contributed by atoms with Crippen LogP contribution in [0.25, 0.3) is 10.2 Å². The van der Waals surface area contributed by atoms with Crippen LogP contribution in [-0.2, 0) is 17.6 Å². The Bertz CT molecular complexity index is 833. The number of thioether (sulfide) groups is 1. The van der Waals surface area contributed by atoms with E-state index in [0.717, 1.165) is 53.8 Å². The van der Waals surface area contributed by atoms with Gasteiger partial charge in [-0.15, -0.1) is 11.3 Å². The summed E-state index contributed by atoms with van der Waals surface area (Å²) >= 11 is 3.21. The zero-order valence-corrected chi connectivity index (χ0v) is 14.9. The van der Waals surface area contributed by atoms with Crippen LogP contribution in [0.1, 0.15) is 42.5 Å². The van der Waals surface area contributed by atoms with Gasteiger partial charge in [-0.1, -0.05) is 11.8 Å². The fourth-order valence-electron chi connectivity index (χ4n) is 3.69. The summed E-state index contributed by atoms with van der Waals surface area (Å²) in [7, 11) is 0. The standard InChI is InChI=1S/C17H18N4OS2/c18-9-17(6-1-2-7-17)21-13(22)8-23-15-14-11-4-3-5-12(11)24-16(14)20-10-19-15/h10H,1-8H2,(H,21,22). The number of rotatable bonds is 4. The van der Waals surface area contributed by atoms with Crippen molar-refractivity contribution in [1.29, 1.82) is 5.26 Å². The number of carbonyl (C=O) groups excluding carboxylic acids is 1. The van der Waals surface area contributed by atoms with Crippen molar-refractivity contribution >= 4 is 39.2 Å². The molecule has 1 amide bonds. The summed E-state index contributed by atoms with van der Waals surface area (Å²) in [6.07, 6.45) is 8.53. The zero-order valence-electron chi connectivity index (χ0n) is 13.3. The van der Waals surface area contributed by atoms with E-state index in [1.54, 1.807) is 17.7 Å². The molecule has 24 heavy (non-hydrogen) atoms. The molecule has 2 aromatic heterocycles. The number of nitrogens with one attached hydrogen (secondary N) is 1. The minimum Gasteiger partial charge on any atom is -0.337 e. The molecule has 1 saturated carbocycles. The van der Waals surface area contributed by atoms with Crippen LogP contribution in [0.2, 0.25) is 0 Å². The highest BCUT2D eigenvalue weighted by Crippen LogP contribution is 2.40. The first-order valence-corrected chi connectivity index (χ1v) is 10.1. The largest absolute Gasteiger partial charge is 0.337 e. The SMILES string of the molecule is N#CC1(NC(=O)CSc2ncnc3sc4c(c23)CCC4)CCCC1. The maximum absolute atomic E-state index is 12.3. The number of hydrogen-bond donors (Lipinski definition) is 1. The molecule has 2 aromatic rings. The lowest BCUT2D eigenvalue weighted by Gasteiger charge is -2.21. The molecule has 2 heterocycles. The second-order valence-corrected chi connectivity index (χ2v) is 8.50. The number of carbonyl (C=O) groups is 1. The van der Waals surface area contributed by atoms with Gasteiger partial charge >= 0.3 is 0 Å². The molecule has 2 aliphatic rings. The van der Waals surface area contributed by atoms with Gasteiger partial charge in [-0.05, 0) is 50.5 Å². The molecule has 0 atom stereocenters. The van der Waals surface area contributed by atoms with Crippen molar-refractivity contribution in [3.8, 4) is 6.07 Å². The number of nitrogens with zero attached hydrogens (tertiary/aromatic N) is 3. The third-order valence-corrected chi connectivity index (χ3v) is 7.05. The number of aromatic nitrogens is 2. The number of hydrogen-bond acceptors (Lipinski definition) is 6. The second-order valence-electron chi connectivity index (χ2n) is 6.45. The Morgan fingerprint density at radius 1 is 1.33 bits per heavy atom. The molecule has 0 radical (unpaired) electrons. The summed E-state index contributed by atoms with van der Waals surface area (Å²) in [6.45, 7) is 0. The molecule has 124 valence electrons. The van der Waals surface area contributed by atoms with Crippen LogP contribution in [0, 0.1) is 11.3 Å². The Labute approximate surface area is 148 Å². The van der Waals surface area contributed by atoms with Crippen molar-refractivity contribution < 1.29 is 4.79 Å². The average Bonchev–Trinajstić information content (AvgIpc) is 3.28. The monoisotopic (exact) mass is 358 g/mol. The van der Waals surface area contributed by atoms with Crippen LogP contribution in [0.3, 0.4) is 0 Å². The highest BCUT2D eigenvalue weighted by molar-refractivity contribution is 8.00. The van der Waals surface area contributed by atoms with E-state index in [9.17, 15) is 10.1 Å². The first-order chi connectivity index (χ1) is 11.7. The van der Waals surface area contributed by atoms with Gasteiger partial charge in [0.1, 0.15) is 21.7 Å². The molecule has 1 fully saturated rings. The molecule has 5 nitrogen and oxygen atoms in total. The van der Waals surface area contributed by atoms with Crippen molar-refractivity contribution in [2.45, 2.75) is 55.5 Å². The first kappa shape index (κ1) is 15.9. The van der Waals surface area contributed by atoms with Crippen molar-refractivity contribution in [3.05, 3.63) is 16.8 Å². The van der Waals surface area contributed by atoms with E-state index in [-0.39, 0.29) is 5.91 Å². The number of thiophene rings is 1. The van der Waals surface area contributed by atoms with Crippen LogP contribution in [0.4, 0.5) is 0 Å². The van der Waals surface area contributed by atoms with Crippen LogP contribution in [0.5, 0.6) is 0 Å². The molecule has 0 saturated heterocycles. The van der Waals surface area contributed by atoms with E-state index < -0.39 is 5.54 Å². The molecule has 4 rings (SSSR count). The fraction of sp³-hybridized carbons (Fsp3) is 0.529. The predicted octanol–water partition coefficient (Wildman–Crippen LogP) is 3.22. The fourth-order valence-corrected chi connectivity index (χ4v) is 5.81. The Morgan fingerprint density at radius 3 is 2.96 bits per heavy atom. The quantitative estimate of drug-likeness (QED) is 0.670. The lowest BCUT2D eigenvalue weighted by atomic mass is 10.0. The summed E-state index contributed by atoms with van der Waals surface area (Å²) in [5.74, 6) is 0.210. The third kappa shape index (κ3) is 2.78. The summed E-state index contributed by atoms with van der Waals surface area (Å²) in [5, 5.41) is 14.4. The van der Waals surface area contributed by atoms with Crippen molar-refractivity contribution in [3.63, 3.8) is 0 Å². The lowest BCUT2D eigenvalue weighted by Crippen LogP contribution is -2.45. The van der Waals surface area contributed by atoms with Crippen molar-refractivity contribution in [1.82, 2.24) is 15.3 Å². The number of fused-ring (bicyclic) bond motifs is 3. The molecule has 0 aliphatic heterocycles. The number of amides is 1. The molecule has 0 aromatic carbocycles. The second kappa shape index (κ2) is 6.34. The van der Waals surface area contributed by atoms with Gasteiger partial charge in [-0.3, -0.25) is 4.79 Å². The third-order valence-electron chi connectivity index (χ3n) is 4.86. The topological polar surface area (TPSA) is 78.7 Å². The van der Waals surface area contributed by atoms with Gasteiger partial charge in [0.2, 0.25) is 5.91 Å². The van der Waals surface area contributed by atoms with Gasteiger partial charge in [0, 0.05) is 10.3 Å². The Balaban J connectivity index is 1.49. The lowest BCUT2D eigenvalue weighted by molar-refractivity contribution is -0.119. The molecule has 2 aliphatic carbocycles. The van der Waals surface area contributed by atoms with Gasteiger partial charge in [0.15, 0.2) is 0 Å². The number of nitriles is 1. The van der Waals surface area contributed by atoms with E-state index in [0.29, 0.717) is 5.75 Å². The highest BCUT2D eigenvalue weighted by Gasteiger charge is 2.35. The van der Waals surface area contributed by atoms with E-state index in [2.05, 4.69) is 21.4 Å². The van der Waals surface area contributed by atoms with Crippen LogP contribution in [-0.4, -0.2) is 27.2 Å². The normalized spacial score (nSPS) is 18.5. The molecule has 0 unspecified atom stereocenters. The van der Waals surface area contributed by atoms with Crippen LogP contribution >= 0.6 is 23.1 Å². The van der Waals surface area contributed by atoms with Crippen LogP contribution < -0.4 is 5.32 Å². The van der Waals surface area contributed by atoms with E-state index in [1.165, 1.54) is 28.6 Å². The highest BCUT2D eigenvalue weighted by atomic mass is 32.2. The maximum Gasteiger partial charge on any atom is 0.231 e. The summed E-state index contributed by atoms with van der Waals surface area (Å²) in [4.78, 5) is 23.6. The van der Waals surface area contributed by atoms with Gasteiger partial charge < -0.3 is 5.32 Å².